The van der Waals surface area contributed by atoms with E-state index in [2.05, 4.69) is 17.0 Å². The van der Waals surface area contributed by atoms with Crippen LogP contribution in [0.5, 0.6) is 5.75 Å². The third-order valence-corrected chi connectivity index (χ3v) is 5.94. The fourth-order valence-electron chi connectivity index (χ4n) is 4.57. The largest absolute Gasteiger partial charge is 0.496 e. The van der Waals surface area contributed by atoms with Gasteiger partial charge in [0.1, 0.15) is 5.75 Å². The van der Waals surface area contributed by atoms with E-state index in [4.69, 9.17) is 9.47 Å². The average molecular weight is 407 g/mol. The van der Waals surface area contributed by atoms with Crippen molar-refractivity contribution < 1.29 is 27.8 Å². The Kier molecular flexibility index (Phi) is 5.31. The monoisotopic (exact) mass is 407 g/mol. The number of aliphatic hydroxyl groups is 1. The molecule has 2 heterocycles. The summed E-state index contributed by atoms with van der Waals surface area (Å²) < 4.78 is 50.2. The molecule has 2 saturated heterocycles. The van der Waals surface area contributed by atoms with Gasteiger partial charge in [-0.05, 0) is 30.5 Å². The summed E-state index contributed by atoms with van der Waals surface area (Å²) >= 11 is 0. The summed E-state index contributed by atoms with van der Waals surface area (Å²) in [6, 6.07) is 13.4. The quantitative estimate of drug-likeness (QED) is 0.833. The molecule has 2 bridgehead atoms. The SMILES string of the molecule is COc1cc(C(F)(F)F)ccc1C1(O)CC2COCC(C1)N2Cc1ccccc1. The zero-order valence-corrected chi connectivity index (χ0v) is 16.2. The van der Waals surface area contributed by atoms with Crippen LogP contribution in [0.15, 0.2) is 48.5 Å². The minimum atomic E-state index is -4.46. The normalized spacial score (nSPS) is 27.6. The molecule has 0 saturated carbocycles. The fourth-order valence-corrected chi connectivity index (χ4v) is 4.57. The molecule has 4 nitrogen and oxygen atoms in total. The second kappa shape index (κ2) is 7.63. The number of nitrogens with zero attached hydrogens (tertiary/aromatic N) is 1. The van der Waals surface area contributed by atoms with E-state index in [9.17, 15) is 18.3 Å². The number of methoxy groups -OCH3 is 1. The minimum absolute atomic E-state index is 0.0281. The van der Waals surface area contributed by atoms with Gasteiger partial charge in [-0.2, -0.15) is 13.2 Å². The maximum absolute atomic E-state index is 13.1. The molecule has 7 heteroatoms. The summed E-state index contributed by atoms with van der Waals surface area (Å²) in [5, 5.41) is 11.5. The number of ether oxygens (including phenoxy) is 2. The van der Waals surface area contributed by atoms with Crippen molar-refractivity contribution in [1.82, 2.24) is 4.90 Å². The molecule has 2 aliphatic heterocycles. The number of hydrogen-bond acceptors (Lipinski definition) is 4. The maximum atomic E-state index is 13.1. The molecule has 0 amide bonds. The second-order valence-corrected chi connectivity index (χ2v) is 7.86. The summed E-state index contributed by atoms with van der Waals surface area (Å²) in [5.41, 5.74) is -0.458. The van der Waals surface area contributed by atoms with Gasteiger partial charge in [0.05, 0.1) is 31.5 Å². The van der Waals surface area contributed by atoms with E-state index in [1.165, 1.54) is 18.7 Å². The van der Waals surface area contributed by atoms with Crippen molar-refractivity contribution in [3.05, 3.63) is 65.2 Å². The van der Waals surface area contributed by atoms with Crippen LogP contribution >= 0.6 is 0 Å². The van der Waals surface area contributed by atoms with Crippen LogP contribution in [0.25, 0.3) is 0 Å². The van der Waals surface area contributed by atoms with Crippen LogP contribution in [0.2, 0.25) is 0 Å². The van der Waals surface area contributed by atoms with Gasteiger partial charge in [-0.3, -0.25) is 4.90 Å². The van der Waals surface area contributed by atoms with E-state index in [1.807, 2.05) is 18.2 Å². The first-order valence-corrected chi connectivity index (χ1v) is 9.66. The number of rotatable bonds is 4. The zero-order valence-electron chi connectivity index (χ0n) is 16.2. The molecule has 2 aliphatic rings. The predicted molar refractivity (Wildman–Crippen MR) is 102 cm³/mol. The van der Waals surface area contributed by atoms with Crippen LogP contribution in [-0.4, -0.2) is 42.4 Å². The molecular formula is C22H24F3NO3. The number of morpholine rings is 1. The van der Waals surface area contributed by atoms with Crippen LogP contribution in [0.1, 0.15) is 29.5 Å². The molecule has 29 heavy (non-hydrogen) atoms. The summed E-state index contributed by atoms with van der Waals surface area (Å²) in [5.74, 6) is 0.0674. The van der Waals surface area contributed by atoms with Gasteiger partial charge >= 0.3 is 6.18 Å². The molecule has 2 fully saturated rings. The Morgan fingerprint density at radius 3 is 2.34 bits per heavy atom. The molecule has 0 aliphatic carbocycles. The highest BCUT2D eigenvalue weighted by molar-refractivity contribution is 5.43. The van der Waals surface area contributed by atoms with Gasteiger partial charge in [-0.15, -0.1) is 0 Å². The van der Waals surface area contributed by atoms with Crippen LogP contribution in [-0.2, 0) is 23.1 Å². The fraction of sp³-hybridized carbons (Fsp3) is 0.455. The van der Waals surface area contributed by atoms with Crippen molar-refractivity contribution >= 4 is 0 Å². The predicted octanol–water partition coefficient (Wildman–Crippen LogP) is 3.97. The lowest BCUT2D eigenvalue weighted by atomic mass is 9.76. The molecule has 0 radical (unpaired) electrons. The molecule has 2 aromatic carbocycles. The lowest BCUT2D eigenvalue weighted by Crippen LogP contribution is -2.60. The molecule has 0 aromatic heterocycles. The Labute approximate surface area is 167 Å². The van der Waals surface area contributed by atoms with E-state index >= 15 is 0 Å². The van der Waals surface area contributed by atoms with Crippen molar-refractivity contribution in [2.45, 2.75) is 43.2 Å². The van der Waals surface area contributed by atoms with Crippen molar-refractivity contribution in [3.8, 4) is 5.75 Å². The van der Waals surface area contributed by atoms with Gasteiger partial charge in [0.2, 0.25) is 0 Å². The topological polar surface area (TPSA) is 41.9 Å². The Morgan fingerprint density at radius 2 is 1.76 bits per heavy atom. The molecule has 1 N–H and O–H groups in total. The van der Waals surface area contributed by atoms with E-state index in [0.717, 1.165) is 18.7 Å². The van der Waals surface area contributed by atoms with Crippen molar-refractivity contribution in [2.24, 2.45) is 0 Å². The summed E-state index contributed by atoms with van der Waals surface area (Å²) in [4.78, 5) is 2.34. The summed E-state index contributed by atoms with van der Waals surface area (Å²) in [7, 11) is 1.33. The highest BCUT2D eigenvalue weighted by atomic mass is 19.4. The van der Waals surface area contributed by atoms with Gasteiger partial charge in [0.15, 0.2) is 0 Å². The number of piperidine rings is 1. The van der Waals surface area contributed by atoms with Gasteiger partial charge in [-0.25, -0.2) is 0 Å². The van der Waals surface area contributed by atoms with E-state index in [0.29, 0.717) is 31.6 Å². The van der Waals surface area contributed by atoms with E-state index < -0.39 is 17.3 Å². The van der Waals surface area contributed by atoms with Crippen LogP contribution in [0.3, 0.4) is 0 Å². The summed E-state index contributed by atoms with van der Waals surface area (Å²) in [6.07, 6.45) is -3.71. The molecule has 0 spiro atoms. The first-order valence-electron chi connectivity index (χ1n) is 9.66. The number of halogens is 3. The van der Waals surface area contributed by atoms with Crippen molar-refractivity contribution in [3.63, 3.8) is 0 Å². The summed E-state index contributed by atoms with van der Waals surface area (Å²) in [6.45, 7) is 1.71. The molecular weight excluding hydrogens is 383 g/mol. The third kappa shape index (κ3) is 3.99. The van der Waals surface area contributed by atoms with E-state index in [1.54, 1.807) is 0 Å². The lowest BCUT2D eigenvalue weighted by molar-refractivity contribution is -0.150. The number of alkyl halides is 3. The Bertz CT molecular complexity index is 842. The van der Waals surface area contributed by atoms with Crippen LogP contribution < -0.4 is 4.74 Å². The second-order valence-electron chi connectivity index (χ2n) is 7.86. The van der Waals surface area contributed by atoms with E-state index in [-0.39, 0.29) is 17.8 Å². The minimum Gasteiger partial charge on any atom is -0.496 e. The highest BCUT2D eigenvalue weighted by Crippen LogP contribution is 2.45. The average Bonchev–Trinajstić information content (AvgIpc) is 2.68. The molecule has 156 valence electrons. The van der Waals surface area contributed by atoms with Crippen molar-refractivity contribution in [2.75, 3.05) is 20.3 Å². The Hall–Kier alpha value is -2.09. The number of benzene rings is 2. The van der Waals surface area contributed by atoms with Crippen LogP contribution in [0.4, 0.5) is 13.2 Å². The van der Waals surface area contributed by atoms with Gasteiger partial charge in [-0.1, -0.05) is 36.4 Å². The standard InChI is InChI=1S/C22H24F3NO3/c1-28-20-9-16(22(23,24)25)7-8-19(20)21(27)10-17-13-29-14-18(11-21)26(17)12-15-5-3-2-4-6-15/h2-9,17-18,27H,10-14H2,1H3. The number of fused-ring (bicyclic) bond motifs is 2. The Balaban J connectivity index is 1.62. The van der Waals surface area contributed by atoms with Gasteiger partial charge in [0.25, 0.3) is 0 Å². The lowest BCUT2D eigenvalue weighted by Gasteiger charge is -2.52. The molecule has 2 aromatic rings. The Morgan fingerprint density at radius 1 is 1.10 bits per heavy atom. The van der Waals surface area contributed by atoms with Gasteiger partial charge in [0, 0.05) is 24.2 Å². The highest BCUT2D eigenvalue weighted by Gasteiger charge is 2.48. The molecule has 2 atom stereocenters. The van der Waals surface area contributed by atoms with Crippen LogP contribution in [0, 0.1) is 0 Å². The molecule has 4 rings (SSSR count). The number of hydrogen-bond donors (Lipinski definition) is 1. The zero-order chi connectivity index (χ0) is 20.6. The van der Waals surface area contributed by atoms with Crippen molar-refractivity contribution in [1.29, 1.82) is 0 Å². The third-order valence-electron chi connectivity index (χ3n) is 5.94. The molecule has 2 unspecified atom stereocenters. The smallest absolute Gasteiger partial charge is 0.416 e. The first-order chi connectivity index (χ1) is 13.8. The van der Waals surface area contributed by atoms with Gasteiger partial charge < -0.3 is 14.6 Å². The first kappa shape index (κ1) is 20.2. The maximum Gasteiger partial charge on any atom is 0.416 e.